The molecule has 0 aliphatic heterocycles. The van der Waals surface area contributed by atoms with Gasteiger partial charge in [0.25, 0.3) is 0 Å². The number of rotatable bonds is 6. The molecule has 0 aliphatic rings. The van der Waals surface area contributed by atoms with Crippen molar-refractivity contribution >= 4 is 17.0 Å². The van der Waals surface area contributed by atoms with Gasteiger partial charge in [0, 0.05) is 11.6 Å². The van der Waals surface area contributed by atoms with E-state index in [4.69, 9.17) is 9.72 Å². The first-order valence-electron chi connectivity index (χ1n) is 11.0. The number of esters is 1. The lowest BCUT2D eigenvalue weighted by Crippen LogP contribution is -2.11. The highest BCUT2D eigenvalue weighted by atomic mass is 16.5. The summed E-state index contributed by atoms with van der Waals surface area (Å²) < 4.78 is 9.01. The molecular formula is C25H23N7O2. The first-order chi connectivity index (χ1) is 16.5. The maximum atomic E-state index is 13.3. The highest BCUT2D eigenvalue weighted by Crippen LogP contribution is 2.27. The van der Waals surface area contributed by atoms with E-state index >= 15 is 0 Å². The summed E-state index contributed by atoms with van der Waals surface area (Å²) in [5.74, 6) is -0.0758. The van der Waals surface area contributed by atoms with Crippen LogP contribution in [0.25, 0.3) is 28.0 Å². The Kier molecular flexibility index (Phi) is 5.59. The highest BCUT2D eigenvalue weighted by Gasteiger charge is 2.21. The van der Waals surface area contributed by atoms with Crippen LogP contribution in [0.2, 0.25) is 0 Å². The average Bonchev–Trinajstić information content (AvgIpc) is 3.50. The smallest absolute Gasteiger partial charge is 0.339 e. The van der Waals surface area contributed by atoms with Crippen LogP contribution in [0.15, 0.2) is 66.9 Å². The van der Waals surface area contributed by atoms with Gasteiger partial charge in [-0.1, -0.05) is 48.0 Å². The summed E-state index contributed by atoms with van der Waals surface area (Å²) in [6, 6.07) is 19.3. The molecule has 0 unspecified atom stereocenters. The minimum Gasteiger partial charge on any atom is -0.454 e. The van der Waals surface area contributed by atoms with Gasteiger partial charge < -0.3 is 4.74 Å². The van der Waals surface area contributed by atoms with E-state index in [9.17, 15) is 4.79 Å². The van der Waals surface area contributed by atoms with E-state index in [0.29, 0.717) is 28.1 Å². The Balaban J connectivity index is 1.50. The second kappa shape index (κ2) is 8.86. The minimum absolute atomic E-state index is 0.0806. The van der Waals surface area contributed by atoms with Crippen molar-refractivity contribution in [2.75, 3.05) is 0 Å². The van der Waals surface area contributed by atoms with E-state index in [1.54, 1.807) is 21.6 Å². The fraction of sp³-hybridized carbons (Fsp3) is 0.200. The van der Waals surface area contributed by atoms with Crippen LogP contribution in [0.3, 0.4) is 0 Å². The number of carbonyl (C=O) groups is 1. The monoisotopic (exact) mass is 453 g/mol. The summed E-state index contributed by atoms with van der Waals surface area (Å²) in [7, 11) is 0. The maximum absolute atomic E-state index is 13.3. The van der Waals surface area contributed by atoms with Crippen LogP contribution in [0.5, 0.6) is 0 Å². The molecule has 34 heavy (non-hydrogen) atoms. The lowest BCUT2D eigenvalue weighted by Gasteiger charge is -2.11. The van der Waals surface area contributed by atoms with Crippen LogP contribution >= 0.6 is 0 Å². The maximum Gasteiger partial charge on any atom is 0.339 e. The van der Waals surface area contributed by atoms with Gasteiger partial charge in [0.2, 0.25) is 0 Å². The predicted octanol–water partition coefficient (Wildman–Crippen LogP) is 4.32. The van der Waals surface area contributed by atoms with Crippen LogP contribution in [0, 0.1) is 6.92 Å². The zero-order valence-electron chi connectivity index (χ0n) is 19.1. The Morgan fingerprint density at radius 3 is 2.56 bits per heavy atom. The Bertz CT molecular complexity index is 1450. The molecule has 9 heteroatoms. The van der Waals surface area contributed by atoms with Crippen LogP contribution in [-0.2, 0) is 11.3 Å². The molecule has 0 amide bonds. The number of ether oxygens (including phenoxy) is 1. The molecule has 0 atom stereocenters. The minimum atomic E-state index is -0.494. The molecule has 0 bridgehead atoms. The van der Waals surface area contributed by atoms with Gasteiger partial charge >= 0.3 is 5.97 Å². The van der Waals surface area contributed by atoms with E-state index in [0.717, 1.165) is 16.8 Å². The van der Waals surface area contributed by atoms with Crippen molar-refractivity contribution in [2.45, 2.75) is 33.4 Å². The molecule has 0 spiro atoms. The third-order valence-electron chi connectivity index (χ3n) is 5.49. The summed E-state index contributed by atoms with van der Waals surface area (Å²) in [6.45, 7) is 5.99. The fourth-order valence-electron chi connectivity index (χ4n) is 3.71. The second-order valence-electron chi connectivity index (χ2n) is 8.26. The highest BCUT2D eigenvalue weighted by molar-refractivity contribution is 6.03. The Labute approximate surface area is 196 Å². The number of hydrogen-bond donors (Lipinski definition) is 0. The molecule has 3 heterocycles. The summed E-state index contributed by atoms with van der Waals surface area (Å²) in [5, 5.41) is 16.9. The van der Waals surface area contributed by atoms with Gasteiger partial charge in [-0.2, -0.15) is 9.78 Å². The lowest BCUT2D eigenvalue weighted by molar-refractivity contribution is 0.0462. The van der Waals surface area contributed by atoms with Crippen molar-refractivity contribution in [3.63, 3.8) is 0 Å². The zero-order valence-corrected chi connectivity index (χ0v) is 19.1. The Hall–Kier alpha value is -4.40. The lowest BCUT2D eigenvalue weighted by atomic mass is 10.1. The third-order valence-corrected chi connectivity index (χ3v) is 5.49. The van der Waals surface area contributed by atoms with Gasteiger partial charge in [-0.15, -0.1) is 5.10 Å². The van der Waals surface area contributed by atoms with Crippen LogP contribution in [0.1, 0.15) is 41.6 Å². The molecule has 0 N–H and O–H groups in total. The second-order valence-corrected chi connectivity index (χ2v) is 8.26. The normalized spacial score (nSPS) is 11.3. The predicted molar refractivity (Wildman–Crippen MR) is 126 cm³/mol. The number of fused-ring (bicyclic) bond motifs is 1. The van der Waals surface area contributed by atoms with Gasteiger partial charge in [-0.05, 0) is 49.4 Å². The number of tetrazole rings is 1. The van der Waals surface area contributed by atoms with Gasteiger partial charge in [0.15, 0.2) is 18.1 Å². The summed E-state index contributed by atoms with van der Waals surface area (Å²) in [6.07, 6.45) is 1.66. The number of aryl methyl sites for hydroxylation is 1. The first-order valence-corrected chi connectivity index (χ1v) is 11.0. The number of pyridine rings is 1. The summed E-state index contributed by atoms with van der Waals surface area (Å²) in [4.78, 5) is 18.1. The number of benzene rings is 2. The number of hydrogen-bond acceptors (Lipinski definition) is 7. The topological polar surface area (TPSA) is 101 Å². The summed E-state index contributed by atoms with van der Waals surface area (Å²) >= 11 is 0. The molecule has 0 saturated heterocycles. The molecule has 5 aromatic rings. The average molecular weight is 454 g/mol. The van der Waals surface area contributed by atoms with Crippen molar-refractivity contribution in [2.24, 2.45) is 0 Å². The molecule has 0 aliphatic carbocycles. The third kappa shape index (κ3) is 4.03. The van der Waals surface area contributed by atoms with Gasteiger partial charge in [0.05, 0.1) is 28.5 Å². The molecule has 5 rings (SSSR count). The fourth-order valence-corrected chi connectivity index (χ4v) is 3.71. The SMILES string of the molecule is Cc1ccc(-c2cc(C(=O)OCc3nnnn3-c3ccccc3)c3cnn(C(C)C)c3n2)cc1. The van der Waals surface area contributed by atoms with Crippen molar-refractivity contribution < 1.29 is 9.53 Å². The standard InChI is InChI=1S/C25H23N7O2/c1-16(2)31-24-21(14-26-31)20(13-22(27-24)18-11-9-17(3)10-12-18)25(33)34-15-23-28-29-30-32(23)19-7-5-4-6-8-19/h4-14,16H,15H2,1-3H3. The number of aromatic nitrogens is 7. The van der Waals surface area contributed by atoms with Gasteiger partial charge in [-0.25, -0.2) is 14.5 Å². The van der Waals surface area contributed by atoms with Crippen molar-refractivity contribution in [3.05, 3.63) is 83.8 Å². The molecule has 0 fully saturated rings. The molecule has 2 aromatic carbocycles. The summed E-state index contributed by atoms with van der Waals surface area (Å²) in [5.41, 5.74) is 4.54. The first kappa shape index (κ1) is 21.4. The quantitative estimate of drug-likeness (QED) is 0.353. The largest absolute Gasteiger partial charge is 0.454 e. The Morgan fingerprint density at radius 1 is 1.06 bits per heavy atom. The molecular weight excluding hydrogens is 430 g/mol. The molecule has 9 nitrogen and oxygen atoms in total. The molecule has 170 valence electrons. The molecule has 0 radical (unpaired) electrons. The molecule has 3 aromatic heterocycles. The van der Waals surface area contributed by atoms with Crippen molar-refractivity contribution in [3.8, 4) is 16.9 Å². The van der Waals surface area contributed by atoms with Crippen molar-refractivity contribution in [1.29, 1.82) is 0 Å². The van der Waals surface area contributed by atoms with Crippen LogP contribution in [-0.4, -0.2) is 40.9 Å². The van der Waals surface area contributed by atoms with E-state index in [-0.39, 0.29) is 12.6 Å². The van der Waals surface area contributed by atoms with Gasteiger partial charge in [0.1, 0.15) is 0 Å². The van der Waals surface area contributed by atoms with Crippen LogP contribution in [0.4, 0.5) is 0 Å². The van der Waals surface area contributed by atoms with Crippen molar-refractivity contribution in [1.82, 2.24) is 35.0 Å². The zero-order chi connectivity index (χ0) is 23.7. The van der Waals surface area contributed by atoms with Crippen LogP contribution < -0.4 is 0 Å². The van der Waals surface area contributed by atoms with E-state index in [2.05, 4.69) is 20.6 Å². The number of carbonyl (C=O) groups excluding carboxylic acids is 1. The van der Waals surface area contributed by atoms with Gasteiger partial charge in [-0.3, -0.25) is 0 Å². The number of nitrogens with zero attached hydrogens (tertiary/aromatic N) is 7. The Morgan fingerprint density at radius 2 is 1.82 bits per heavy atom. The molecule has 0 saturated carbocycles. The van der Waals surface area contributed by atoms with E-state index in [1.807, 2.05) is 75.4 Å². The van der Waals surface area contributed by atoms with E-state index < -0.39 is 5.97 Å². The van der Waals surface area contributed by atoms with E-state index in [1.165, 1.54) is 0 Å². The number of para-hydroxylation sites is 1.